The van der Waals surface area contributed by atoms with E-state index >= 15 is 0 Å². The smallest absolute Gasteiger partial charge is 0.328 e. The van der Waals surface area contributed by atoms with Gasteiger partial charge in [-0.3, -0.25) is 4.79 Å². The Balaban J connectivity index is 0.000000327. The SMILES string of the molecule is C/C=C\CCCC(=O)NC(C)C(=O)OCc1ccc(CO[N+](=O)[O-])cc1.c1ccc(CCCCCC2CCCC2)cc1. The number of aryl methyl sites for hydroxylation is 1. The van der Waals surface area contributed by atoms with Gasteiger partial charge in [-0.1, -0.05) is 112 Å². The number of amides is 1. The molecule has 0 spiro atoms. The number of carbonyl (C=O) groups is 2. The number of rotatable bonds is 17. The van der Waals surface area contributed by atoms with Crippen LogP contribution < -0.4 is 5.32 Å². The van der Waals surface area contributed by atoms with Crippen molar-refractivity contribution in [3.63, 3.8) is 0 Å². The molecule has 230 valence electrons. The molecule has 1 aliphatic rings. The van der Waals surface area contributed by atoms with Crippen molar-refractivity contribution in [3.8, 4) is 0 Å². The lowest BCUT2D eigenvalue weighted by Gasteiger charge is -2.13. The minimum absolute atomic E-state index is 0.0523. The first-order chi connectivity index (χ1) is 20.4. The number of unbranched alkanes of at least 4 members (excludes halogenated alkanes) is 3. The van der Waals surface area contributed by atoms with E-state index in [4.69, 9.17) is 4.74 Å². The van der Waals surface area contributed by atoms with Crippen LogP contribution >= 0.6 is 0 Å². The fourth-order valence-corrected chi connectivity index (χ4v) is 4.94. The van der Waals surface area contributed by atoms with E-state index in [0.717, 1.165) is 24.3 Å². The molecule has 1 aliphatic carbocycles. The van der Waals surface area contributed by atoms with Gasteiger partial charge in [-0.15, -0.1) is 10.1 Å². The topological polar surface area (TPSA) is 108 Å². The van der Waals surface area contributed by atoms with Gasteiger partial charge >= 0.3 is 5.97 Å². The number of benzene rings is 2. The molecule has 0 heterocycles. The van der Waals surface area contributed by atoms with Gasteiger partial charge in [0.25, 0.3) is 5.09 Å². The van der Waals surface area contributed by atoms with Gasteiger partial charge in [-0.2, -0.15) is 0 Å². The predicted octanol–water partition coefficient (Wildman–Crippen LogP) is 7.67. The van der Waals surface area contributed by atoms with E-state index in [1.165, 1.54) is 63.4 Å². The Hall–Kier alpha value is -3.68. The summed E-state index contributed by atoms with van der Waals surface area (Å²) in [4.78, 5) is 38.1. The van der Waals surface area contributed by atoms with Crippen LogP contribution in [-0.4, -0.2) is 23.0 Å². The largest absolute Gasteiger partial charge is 0.459 e. The van der Waals surface area contributed by atoms with Crippen molar-refractivity contribution in [1.82, 2.24) is 5.32 Å². The zero-order valence-electron chi connectivity index (χ0n) is 25.3. The summed E-state index contributed by atoms with van der Waals surface area (Å²) in [5.74, 6) is 0.374. The Kier molecular flexibility index (Phi) is 17.3. The number of hydrogen-bond acceptors (Lipinski definition) is 6. The van der Waals surface area contributed by atoms with E-state index in [-0.39, 0.29) is 19.1 Å². The van der Waals surface area contributed by atoms with E-state index in [1.807, 2.05) is 19.1 Å². The molecule has 8 heteroatoms. The summed E-state index contributed by atoms with van der Waals surface area (Å²) < 4.78 is 5.17. The molecule has 8 nitrogen and oxygen atoms in total. The van der Waals surface area contributed by atoms with Gasteiger partial charge in [-0.05, 0) is 62.1 Å². The molecule has 42 heavy (non-hydrogen) atoms. The molecule has 2 aromatic rings. The van der Waals surface area contributed by atoms with Gasteiger partial charge < -0.3 is 14.9 Å². The molecule has 0 saturated heterocycles. The van der Waals surface area contributed by atoms with Crippen LogP contribution in [0, 0.1) is 16.0 Å². The molecule has 1 atom stereocenters. The minimum atomic E-state index is -0.855. The molecular weight excluding hydrogens is 532 g/mol. The Morgan fingerprint density at radius 1 is 0.952 bits per heavy atom. The van der Waals surface area contributed by atoms with Crippen LogP contribution in [0.3, 0.4) is 0 Å². The van der Waals surface area contributed by atoms with Crippen molar-refractivity contribution in [3.05, 3.63) is 93.6 Å². The molecule has 1 fully saturated rings. The van der Waals surface area contributed by atoms with E-state index < -0.39 is 17.1 Å². The fraction of sp³-hybridized carbons (Fsp3) is 0.529. The third-order valence-electron chi connectivity index (χ3n) is 7.38. The minimum Gasteiger partial charge on any atom is -0.459 e. The standard InChI is InChI=1S/C18H24N2O6.C16H24/c1-3-4-5-6-7-17(21)19-14(2)18(22)25-12-15-8-10-16(11-9-15)13-26-20(23)24;1-3-9-15(10-4-1)11-5-2-6-12-16-13-7-8-14-16/h3-4,8-11,14H,5-7,12-13H2,1-2H3,(H,19,21);1,3-4,9-10,16H,2,5-8,11-14H2/b4-3-;. The summed E-state index contributed by atoms with van der Waals surface area (Å²) in [6.07, 6.45) is 18.9. The average molecular weight is 581 g/mol. The molecule has 0 bridgehead atoms. The van der Waals surface area contributed by atoms with E-state index in [1.54, 1.807) is 31.2 Å². The Labute approximate surface area is 251 Å². The second-order valence-corrected chi connectivity index (χ2v) is 10.9. The Morgan fingerprint density at radius 3 is 2.26 bits per heavy atom. The van der Waals surface area contributed by atoms with Crippen LogP contribution in [0.15, 0.2) is 66.7 Å². The van der Waals surface area contributed by atoms with Gasteiger partial charge in [0.05, 0.1) is 0 Å². The lowest BCUT2D eigenvalue weighted by Crippen LogP contribution is -2.39. The summed E-state index contributed by atoms with van der Waals surface area (Å²) in [5, 5.41) is 11.9. The average Bonchev–Trinajstić information content (AvgIpc) is 3.52. The van der Waals surface area contributed by atoms with Gasteiger partial charge in [0.2, 0.25) is 5.91 Å². The summed E-state index contributed by atoms with van der Waals surface area (Å²) in [6, 6.07) is 16.9. The van der Waals surface area contributed by atoms with Crippen molar-refractivity contribution in [1.29, 1.82) is 0 Å². The molecule has 1 saturated carbocycles. The Morgan fingerprint density at radius 2 is 1.62 bits per heavy atom. The molecule has 2 aromatic carbocycles. The van der Waals surface area contributed by atoms with Gasteiger partial charge in [0.15, 0.2) is 0 Å². The second-order valence-electron chi connectivity index (χ2n) is 10.9. The third-order valence-corrected chi connectivity index (χ3v) is 7.38. The van der Waals surface area contributed by atoms with Crippen molar-refractivity contribution in [2.75, 3.05) is 0 Å². The molecule has 3 rings (SSSR count). The van der Waals surface area contributed by atoms with Crippen molar-refractivity contribution in [2.24, 2.45) is 5.92 Å². The monoisotopic (exact) mass is 580 g/mol. The van der Waals surface area contributed by atoms with Crippen LogP contribution in [0.1, 0.15) is 101 Å². The summed E-state index contributed by atoms with van der Waals surface area (Å²) in [6.45, 7) is 3.41. The van der Waals surface area contributed by atoms with Crippen LogP contribution in [0.5, 0.6) is 0 Å². The maximum Gasteiger partial charge on any atom is 0.328 e. The zero-order valence-corrected chi connectivity index (χ0v) is 25.3. The number of hydrogen-bond donors (Lipinski definition) is 1. The van der Waals surface area contributed by atoms with Crippen molar-refractivity contribution >= 4 is 11.9 Å². The number of nitrogens with zero attached hydrogens (tertiary/aromatic N) is 1. The maximum absolute atomic E-state index is 11.9. The molecule has 1 unspecified atom stereocenters. The lowest BCUT2D eigenvalue weighted by molar-refractivity contribution is -0.763. The summed E-state index contributed by atoms with van der Waals surface area (Å²) >= 11 is 0. The lowest BCUT2D eigenvalue weighted by atomic mass is 9.98. The van der Waals surface area contributed by atoms with Crippen molar-refractivity contribution in [2.45, 2.75) is 110 Å². The van der Waals surface area contributed by atoms with Gasteiger partial charge in [0, 0.05) is 6.42 Å². The van der Waals surface area contributed by atoms with Crippen LogP contribution in [0.25, 0.3) is 0 Å². The van der Waals surface area contributed by atoms with E-state index in [0.29, 0.717) is 12.0 Å². The summed E-state index contributed by atoms with van der Waals surface area (Å²) in [5.41, 5.74) is 2.87. The molecule has 1 amide bonds. The highest BCUT2D eigenvalue weighted by Crippen LogP contribution is 2.29. The van der Waals surface area contributed by atoms with Gasteiger partial charge in [0.1, 0.15) is 19.3 Å². The highest BCUT2D eigenvalue weighted by Gasteiger charge is 2.17. The van der Waals surface area contributed by atoms with Crippen molar-refractivity contribution < 1.29 is 24.3 Å². The van der Waals surface area contributed by atoms with E-state index in [2.05, 4.69) is 40.5 Å². The number of allylic oxidation sites excluding steroid dienone is 2. The molecule has 0 aliphatic heterocycles. The normalized spacial score (nSPS) is 13.7. The number of esters is 1. The highest BCUT2D eigenvalue weighted by molar-refractivity contribution is 5.84. The second kappa shape index (κ2) is 21.1. The first kappa shape index (κ1) is 34.5. The Bertz CT molecular complexity index is 1070. The number of ether oxygens (including phenoxy) is 1. The molecule has 0 radical (unpaired) electrons. The third kappa shape index (κ3) is 15.9. The van der Waals surface area contributed by atoms with Crippen LogP contribution in [0.2, 0.25) is 0 Å². The maximum atomic E-state index is 11.9. The first-order valence-corrected chi connectivity index (χ1v) is 15.3. The zero-order chi connectivity index (χ0) is 30.4. The van der Waals surface area contributed by atoms with Gasteiger partial charge in [-0.25, -0.2) is 4.79 Å². The van der Waals surface area contributed by atoms with Crippen LogP contribution in [-0.2, 0) is 38.8 Å². The molecule has 0 aromatic heterocycles. The van der Waals surface area contributed by atoms with Crippen LogP contribution in [0.4, 0.5) is 0 Å². The quantitative estimate of drug-likeness (QED) is 0.0676. The molecule has 1 N–H and O–H groups in total. The fourth-order valence-electron chi connectivity index (χ4n) is 4.94. The first-order valence-electron chi connectivity index (χ1n) is 15.3. The molecular formula is C34H48N2O6. The predicted molar refractivity (Wildman–Crippen MR) is 165 cm³/mol. The summed E-state index contributed by atoms with van der Waals surface area (Å²) in [7, 11) is 0. The number of nitrogens with one attached hydrogen (secondary N) is 1. The number of carbonyl (C=O) groups excluding carboxylic acids is 2. The van der Waals surface area contributed by atoms with E-state index in [9.17, 15) is 19.7 Å². The highest BCUT2D eigenvalue weighted by atomic mass is 16.9.